The van der Waals surface area contributed by atoms with Crippen molar-refractivity contribution in [3.05, 3.63) is 187 Å². The Hall–Kier alpha value is -7.86. The summed E-state index contributed by atoms with van der Waals surface area (Å²) in [7, 11) is 0. The quantitative estimate of drug-likeness (QED) is 0.184. The molecule has 5 nitrogen and oxygen atoms in total. The van der Waals surface area contributed by atoms with Crippen molar-refractivity contribution in [1.29, 1.82) is 10.5 Å². The maximum Gasteiger partial charge on any atom is 0.101 e. The minimum Gasteiger partial charge on any atom is -0.309 e. The highest BCUT2D eigenvalue weighted by molar-refractivity contribution is 6.13. The molecule has 0 amide bonds. The number of rotatable bonds is 4. The topological polar surface area (TPSA) is 62.4 Å². The summed E-state index contributed by atoms with van der Waals surface area (Å²) in [5.74, 6) is 0. The lowest BCUT2D eigenvalue weighted by atomic mass is 9.99. The number of benzene rings is 8. The van der Waals surface area contributed by atoms with Gasteiger partial charge in [-0.25, -0.2) is 0 Å². The molecule has 55 heavy (non-hydrogen) atoms. The third-order valence-corrected chi connectivity index (χ3v) is 11.1. The van der Waals surface area contributed by atoms with Gasteiger partial charge in [-0.1, -0.05) is 109 Å². The summed E-state index contributed by atoms with van der Waals surface area (Å²) in [6.07, 6.45) is 0. The minimum absolute atomic E-state index is 0.573. The van der Waals surface area contributed by atoms with Gasteiger partial charge in [-0.2, -0.15) is 10.5 Å². The van der Waals surface area contributed by atoms with E-state index in [1.807, 2.05) is 36.4 Å². The van der Waals surface area contributed by atoms with Crippen LogP contribution in [0, 0.1) is 22.7 Å². The fraction of sp³-hybridized carbons (Fsp3) is 0. The number of nitrogens with zero attached hydrogens (tertiary/aromatic N) is 5. The van der Waals surface area contributed by atoms with Crippen molar-refractivity contribution in [3.63, 3.8) is 0 Å². The number of hydrogen-bond acceptors (Lipinski definition) is 2. The van der Waals surface area contributed by atoms with E-state index >= 15 is 0 Å². The SMILES string of the molecule is N#Cc1cc(-n2c3ccccc3c3cc(-n4c5ccccc5c5ccccc54)c(C#N)cc32)ccc1-c1ccc(-n2c3ccccc3c3ccccc32)cc1. The van der Waals surface area contributed by atoms with Gasteiger partial charge in [0.2, 0.25) is 0 Å². The average molecular weight is 700 g/mol. The first kappa shape index (κ1) is 30.7. The molecule has 11 aromatic rings. The molecule has 3 heterocycles. The fourth-order valence-electron chi connectivity index (χ4n) is 8.74. The highest BCUT2D eigenvalue weighted by Crippen LogP contribution is 2.39. The van der Waals surface area contributed by atoms with Crippen LogP contribution in [0.25, 0.3) is 93.6 Å². The van der Waals surface area contributed by atoms with Gasteiger partial charge in [0.15, 0.2) is 0 Å². The maximum atomic E-state index is 10.7. The summed E-state index contributed by atoms with van der Waals surface area (Å²) in [4.78, 5) is 0. The summed E-state index contributed by atoms with van der Waals surface area (Å²) >= 11 is 0. The van der Waals surface area contributed by atoms with Gasteiger partial charge in [-0.05, 0) is 77.9 Å². The van der Waals surface area contributed by atoms with Crippen molar-refractivity contribution < 1.29 is 0 Å². The first-order chi connectivity index (χ1) is 27.2. The Morgan fingerprint density at radius 1 is 0.327 bits per heavy atom. The molecule has 0 bridgehead atoms. The van der Waals surface area contributed by atoms with Crippen LogP contribution in [0.2, 0.25) is 0 Å². The lowest BCUT2D eigenvalue weighted by Gasteiger charge is -2.14. The molecule has 0 N–H and O–H groups in total. The van der Waals surface area contributed by atoms with E-state index in [4.69, 9.17) is 0 Å². The van der Waals surface area contributed by atoms with E-state index in [1.165, 1.54) is 10.8 Å². The lowest BCUT2D eigenvalue weighted by molar-refractivity contribution is 1.15. The molecule has 0 aliphatic rings. The standard InChI is InChI=1S/C50H29N5/c51-30-33-27-36(25-26-37(33)32-21-23-35(24-22-32)53-44-16-6-1-11-38(44)39-12-2-7-17-45(39)53)54-46-18-8-5-15-42(46)43-29-49(34(31-52)28-50(43)54)55-47-19-9-3-13-40(47)41-14-4-10-20-48(41)55/h1-29H. The van der Waals surface area contributed by atoms with E-state index < -0.39 is 0 Å². The van der Waals surface area contributed by atoms with Crippen LogP contribution in [-0.2, 0) is 0 Å². The van der Waals surface area contributed by atoms with Crippen molar-refractivity contribution in [3.8, 4) is 40.3 Å². The van der Waals surface area contributed by atoms with E-state index in [0.717, 1.165) is 82.8 Å². The third-order valence-electron chi connectivity index (χ3n) is 11.1. The van der Waals surface area contributed by atoms with Gasteiger partial charge < -0.3 is 13.7 Å². The molecular weight excluding hydrogens is 671 g/mol. The Kier molecular flexibility index (Phi) is 6.61. The highest BCUT2D eigenvalue weighted by Gasteiger charge is 2.20. The van der Waals surface area contributed by atoms with Crippen LogP contribution < -0.4 is 0 Å². The van der Waals surface area contributed by atoms with Gasteiger partial charge in [-0.15, -0.1) is 0 Å². The molecule has 0 saturated heterocycles. The van der Waals surface area contributed by atoms with Crippen LogP contribution in [0.4, 0.5) is 0 Å². The summed E-state index contributed by atoms with van der Waals surface area (Å²) < 4.78 is 6.69. The molecule has 0 aliphatic carbocycles. The number of fused-ring (bicyclic) bond motifs is 9. The second kappa shape index (κ2) is 11.8. The zero-order chi connectivity index (χ0) is 36.6. The van der Waals surface area contributed by atoms with Crippen LogP contribution in [0.15, 0.2) is 176 Å². The van der Waals surface area contributed by atoms with Gasteiger partial charge in [0.05, 0.1) is 56.0 Å². The van der Waals surface area contributed by atoms with Gasteiger partial charge in [0.25, 0.3) is 0 Å². The van der Waals surface area contributed by atoms with Crippen LogP contribution >= 0.6 is 0 Å². The first-order valence-electron chi connectivity index (χ1n) is 18.3. The second-order valence-corrected chi connectivity index (χ2v) is 14.0. The van der Waals surface area contributed by atoms with Gasteiger partial charge in [-0.3, -0.25) is 0 Å². The van der Waals surface area contributed by atoms with Crippen LogP contribution in [-0.4, -0.2) is 13.7 Å². The van der Waals surface area contributed by atoms with Gasteiger partial charge in [0.1, 0.15) is 6.07 Å². The molecule has 3 aromatic heterocycles. The molecule has 0 aliphatic heterocycles. The molecule has 0 saturated carbocycles. The summed E-state index contributed by atoms with van der Waals surface area (Å²) in [5, 5.41) is 28.1. The van der Waals surface area contributed by atoms with Gasteiger partial charge in [0, 0.05) is 43.7 Å². The Morgan fingerprint density at radius 3 is 1.24 bits per heavy atom. The van der Waals surface area contributed by atoms with E-state index in [-0.39, 0.29) is 0 Å². The Labute approximate surface area is 316 Å². The smallest absolute Gasteiger partial charge is 0.101 e. The molecule has 0 spiro atoms. The van der Waals surface area contributed by atoms with Gasteiger partial charge >= 0.3 is 0 Å². The molecule has 0 radical (unpaired) electrons. The molecule has 5 heteroatoms. The fourth-order valence-corrected chi connectivity index (χ4v) is 8.74. The zero-order valence-electron chi connectivity index (χ0n) is 29.5. The number of hydrogen-bond donors (Lipinski definition) is 0. The van der Waals surface area contributed by atoms with Crippen LogP contribution in [0.3, 0.4) is 0 Å². The van der Waals surface area contributed by atoms with Crippen molar-refractivity contribution in [2.75, 3.05) is 0 Å². The van der Waals surface area contributed by atoms with Crippen LogP contribution in [0.5, 0.6) is 0 Å². The van der Waals surface area contributed by atoms with Crippen LogP contribution in [0.1, 0.15) is 11.1 Å². The van der Waals surface area contributed by atoms with Crippen molar-refractivity contribution in [2.45, 2.75) is 0 Å². The monoisotopic (exact) mass is 699 g/mol. The third kappa shape index (κ3) is 4.45. The van der Waals surface area contributed by atoms with Crippen molar-refractivity contribution >= 4 is 65.4 Å². The zero-order valence-corrected chi connectivity index (χ0v) is 29.5. The minimum atomic E-state index is 0.573. The molecule has 11 rings (SSSR count). The van der Waals surface area contributed by atoms with Crippen molar-refractivity contribution in [1.82, 2.24) is 13.7 Å². The van der Waals surface area contributed by atoms with E-state index in [1.54, 1.807) is 0 Å². The first-order valence-corrected chi connectivity index (χ1v) is 18.3. The predicted molar refractivity (Wildman–Crippen MR) is 224 cm³/mol. The van der Waals surface area contributed by atoms with E-state index in [9.17, 15) is 10.5 Å². The molecular formula is C50H29N5. The van der Waals surface area contributed by atoms with Crippen molar-refractivity contribution in [2.24, 2.45) is 0 Å². The number of aromatic nitrogens is 3. The van der Waals surface area contributed by atoms with E-state index in [2.05, 4.69) is 165 Å². The summed E-state index contributed by atoms with van der Waals surface area (Å²) in [6, 6.07) is 65.8. The second-order valence-electron chi connectivity index (χ2n) is 14.0. The number of para-hydroxylation sites is 5. The Bertz CT molecular complexity index is 3350. The summed E-state index contributed by atoms with van der Waals surface area (Å²) in [5.41, 5.74) is 12.1. The highest BCUT2D eigenvalue weighted by atomic mass is 15.0. The molecule has 0 unspecified atom stereocenters. The lowest BCUT2D eigenvalue weighted by Crippen LogP contribution is -2.00. The average Bonchev–Trinajstić information content (AvgIpc) is 3.88. The molecule has 254 valence electrons. The molecule has 8 aromatic carbocycles. The normalized spacial score (nSPS) is 11.6. The largest absolute Gasteiger partial charge is 0.309 e. The molecule has 0 fully saturated rings. The maximum absolute atomic E-state index is 10.7. The predicted octanol–water partition coefficient (Wildman–Crippen LogP) is 12.4. The Morgan fingerprint density at radius 2 is 0.745 bits per heavy atom. The number of nitriles is 2. The van der Waals surface area contributed by atoms with E-state index in [0.29, 0.717) is 11.1 Å². The Balaban J connectivity index is 1.06. The summed E-state index contributed by atoms with van der Waals surface area (Å²) in [6.45, 7) is 0. The molecule has 0 atom stereocenters.